The van der Waals surface area contributed by atoms with Gasteiger partial charge in [-0.1, -0.05) is 18.2 Å². The Morgan fingerprint density at radius 2 is 1.62 bits per heavy atom. The van der Waals surface area contributed by atoms with Crippen LogP contribution < -0.4 is 25.0 Å². The highest BCUT2D eigenvalue weighted by Crippen LogP contribution is 2.26. The molecule has 13 heteroatoms. The molecule has 214 valence electrons. The summed E-state index contributed by atoms with van der Waals surface area (Å²) in [4.78, 5) is 15.2. The number of carbonyl (C=O) groups excluding carboxylic acids is 1. The van der Waals surface area contributed by atoms with Crippen LogP contribution >= 0.6 is 0 Å². The summed E-state index contributed by atoms with van der Waals surface area (Å²) < 4.78 is 58.6. The van der Waals surface area contributed by atoms with Gasteiger partial charge in [0.25, 0.3) is 5.91 Å². The third-order valence-electron chi connectivity index (χ3n) is 6.54. The van der Waals surface area contributed by atoms with Gasteiger partial charge in [-0.2, -0.15) is 4.31 Å². The van der Waals surface area contributed by atoms with Gasteiger partial charge in [-0.15, -0.1) is 0 Å². The van der Waals surface area contributed by atoms with Crippen LogP contribution in [0.2, 0.25) is 0 Å². The molecule has 0 aliphatic carbocycles. The van der Waals surface area contributed by atoms with Gasteiger partial charge in [0.2, 0.25) is 20.0 Å². The Morgan fingerprint density at radius 3 is 2.27 bits per heavy atom. The van der Waals surface area contributed by atoms with Crippen LogP contribution in [0.1, 0.15) is 10.4 Å². The van der Waals surface area contributed by atoms with Crippen molar-refractivity contribution in [1.29, 1.82) is 0 Å². The molecule has 1 aliphatic heterocycles. The van der Waals surface area contributed by atoms with E-state index in [4.69, 9.17) is 10.5 Å². The number of benzene rings is 3. The molecule has 11 nitrogen and oxygen atoms in total. The van der Waals surface area contributed by atoms with Gasteiger partial charge in [0.05, 0.1) is 22.4 Å². The number of anilines is 3. The molecule has 1 saturated heterocycles. The summed E-state index contributed by atoms with van der Waals surface area (Å²) in [5, 5.41) is 2.71. The summed E-state index contributed by atoms with van der Waals surface area (Å²) in [5.41, 5.74) is 7.24. The predicted octanol–water partition coefficient (Wildman–Crippen LogP) is 2.18. The number of nitrogens with zero attached hydrogens (tertiary/aromatic N) is 3. The molecule has 1 amide bonds. The van der Waals surface area contributed by atoms with E-state index in [1.165, 1.54) is 47.8 Å². The zero-order valence-corrected chi connectivity index (χ0v) is 24.0. The molecule has 0 spiro atoms. The first kappa shape index (κ1) is 29.3. The Morgan fingerprint density at radius 1 is 0.950 bits per heavy atom. The van der Waals surface area contributed by atoms with Crippen LogP contribution in [0.25, 0.3) is 0 Å². The Bertz CT molecular complexity index is 1550. The van der Waals surface area contributed by atoms with Crippen molar-refractivity contribution in [2.45, 2.75) is 4.90 Å². The fourth-order valence-electron chi connectivity index (χ4n) is 4.31. The second-order valence-corrected chi connectivity index (χ2v) is 13.2. The van der Waals surface area contributed by atoms with Crippen LogP contribution in [0, 0.1) is 0 Å². The van der Waals surface area contributed by atoms with Crippen molar-refractivity contribution in [2.75, 3.05) is 67.2 Å². The molecule has 1 fully saturated rings. The number of ether oxygens (including phenoxy) is 1. The first-order chi connectivity index (χ1) is 19.0. The van der Waals surface area contributed by atoms with Gasteiger partial charge in [0.15, 0.2) is 0 Å². The average Bonchev–Trinajstić information content (AvgIpc) is 2.95. The summed E-state index contributed by atoms with van der Waals surface area (Å²) in [6, 6.07) is 19.9. The van der Waals surface area contributed by atoms with Gasteiger partial charge in [-0.3, -0.25) is 9.10 Å². The molecule has 4 rings (SSSR count). The monoisotopic (exact) mass is 587 g/mol. The van der Waals surface area contributed by atoms with Crippen LogP contribution in [0.4, 0.5) is 17.1 Å². The fraction of sp³-hybridized carbons (Fsp3) is 0.296. The van der Waals surface area contributed by atoms with Crippen molar-refractivity contribution in [1.82, 2.24) is 4.31 Å². The van der Waals surface area contributed by atoms with Crippen molar-refractivity contribution >= 4 is 43.0 Å². The Kier molecular flexibility index (Phi) is 8.98. The van der Waals surface area contributed by atoms with Crippen molar-refractivity contribution in [3.63, 3.8) is 0 Å². The third kappa shape index (κ3) is 6.73. The van der Waals surface area contributed by atoms with Crippen molar-refractivity contribution < 1.29 is 26.4 Å². The SMILES string of the molecule is CN(c1ccccc1C(=O)Nc1ccc(S(=O)(=O)N2CCN(c3cccc(OCCN)c3)CC2)cc1)S(C)(=O)=O. The zero-order valence-electron chi connectivity index (χ0n) is 22.4. The van der Waals surface area contributed by atoms with Crippen molar-refractivity contribution in [3.05, 3.63) is 78.4 Å². The summed E-state index contributed by atoms with van der Waals surface area (Å²) >= 11 is 0. The highest BCUT2D eigenvalue weighted by molar-refractivity contribution is 7.92. The van der Waals surface area contributed by atoms with Gasteiger partial charge in [0, 0.05) is 57.2 Å². The lowest BCUT2D eigenvalue weighted by Gasteiger charge is -2.35. The standard InChI is InChI=1S/C27H33N5O6S2/c1-30(39(2,34)35)26-9-4-3-8-25(26)27(33)29-21-10-12-24(13-11-21)40(36,37)32-17-15-31(16-18-32)22-6-5-7-23(20-22)38-19-14-28/h3-13,20H,14-19,28H2,1-2H3,(H,29,33). The van der Waals surface area contributed by atoms with Crippen molar-refractivity contribution in [2.24, 2.45) is 5.73 Å². The van der Waals surface area contributed by atoms with E-state index in [0.717, 1.165) is 22.0 Å². The summed E-state index contributed by atoms with van der Waals surface area (Å²) in [5.74, 6) is 0.200. The molecule has 3 aromatic rings. The molecule has 0 bridgehead atoms. The van der Waals surface area contributed by atoms with E-state index in [-0.39, 0.29) is 16.1 Å². The summed E-state index contributed by atoms with van der Waals surface area (Å²) in [6.45, 7) is 2.53. The number of amides is 1. The van der Waals surface area contributed by atoms with Gasteiger partial charge < -0.3 is 20.7 Å². The number of rotatable bonds is 10. The zero-order chi connectivity index (χ0) is 28.9. The minimum atomic E-state index is -3.74. The highest BCUT2D eigenvalue weighted by atomic mass is 32.2. The first-order valence-corrected chi connectivity index (χ1v) is 15.9. The van der Waals surface area contributed by atoms with Gasteiger partial charge in [-0.25, -0.2) is 16.8 Å². The fourth-order valence-corrected chi connectivity index (χ4v) is 6.25. The number of nitrogens with one attached hydrogen (secondary N) is 1. The molecule has 1 heterocycles. The molecule has 0 aromatic heterocycles. The van der Waals surface area contributed by atoms with E-state index < -0.39 is 26.0 Å². The molecule has 0 saturated carbocycles. The van der Waals surface area contributed by atoms with Crippen LogP contribution in [0.3, 0.4) is 0 Å². The minimum absolute atomic E-state index is 0.119. The lowest BCUT2D eigenvalue weighted by Crippen LogP contribution is -2.48. The largest absolute Gasteiger partial charge is 0.492 e. The normalized spacial score (nSPS) is 14.5. The van der Waals surface area contributed by atoms with Gasteiger partial charge in [0.1, 0.15) is 12.4 Å². The average molecular weight is 588 g/mol. The number of hydrogen-bond acceptors (Lipinski definition) is 8. The van der Waals surface area contributed by atoms with Gasteiger partial charge in [-0.05, 0) is 48.5 Å². The second kappa shape index (κ2) is 12.3. The number of nitrogens with two attached hydrogens (primary N) is 1. The maximum Gasteiger partial charge on any atom is 0.257 e. The maximum absolute atomic E-state index is 13.3. The van der Waals surface area contributed by atoms with Crippen LogP contribution in [0.5, 0.6) is 5.75 Å². The number of carbonyl (C=O) groups is 1. The summed E-state index contributed by atoms with van der Waals surface area (Å²) in [7, 11) is -5.94. The number of sulfonamides is 2. The Labute approximate surface area is 235 Å². The van der Waals surface area contributed by atoms with E-state index >= 15 is 0 Å². The molecule has 0 unspecified atom stereocenters. The predicted molar refractivity (Wildman–Crippen MR) is 156 cm³/mol. The minimum Gasteiger partial charge on any atom is -0.492 e. The molecule has 3 aromatic carbocycles. The lowest BCUT2D eigenvalue weighted by atomic mass is 10.1. The Balaban J connectivity index is 1.41. The van der Waals surface area contributed by atoms with Crippen LogP contribution in [-0.2, 0) is 20.0 Å². The molecule has 0 atom stereocenters. The topological polar surface area (TPSA) is 142 Å². The number of piperazine rings is 1. The van der Waals surface area contributed by atoms with E-state index in [9.17, 15) is 21.6 Å². The lowest BCUT2D eigenvalue weighted by molar-refractivity contribution is 0.102. The first-order valence-electron chi connectivity index (χ1n) is 12.6. The Hall–Kier alpha value is -3.65. The van der Waals surface area contributed by atoms with E-state index in [2.05, 4.69) is 10.2 Å². The maximum atomic E-state index is 13.3. The van der Waals surface area contributed by atoms with E-state index in [1.54, 1.807) is 12.1 Å². The molecule has 1 aliphatic rings. The third-order valence-corrected chi connectivity index (χ3v) is 9.65. The van der Waals surface area contributed by atoms with E-state index in [1.807, 2.05) is 24.3 Å². The van der Waals surface area contributed by atoms with Gasteiger partial charge >= 0.3 is 0 Å². The molecule has 0 radical (unpaired) electrons. The molecule has 40 heavy (non-hydrogen) atoms. The molecular formula is C27H33N5O6S2. The smallest absolute Gasteiger partial charge is 0.257 e. The molecule has 3 N–H and O–H groups in total. The number of para-hydroxylation sites is 1. The number of hydrogen-bond donors (Lipinski definition) is 2. The summed E-state index contributed by atoms with van der Waals surface area (Å²) in [6.07, 6.45) is 1.05. The van der Waals surface area contributed by atoms with Crippen molar-refractivity contribution in [3.8, 4) is 5.75 Å². The van der Waals surface area contributed by atoms with Crippen LogP contribution in [-0.4, -0.2) is 79.7 Å². The quantitative estimate of drug-likeness (QED) is 0.368. The van der Waals surface area contributed by atoms with Crippen LogP contribution in [0.15, 0.2) is 77.7 Å². The van der Waals surface area contributed by atoms with E-state index in [0.29, 0.717) is 45.0 Å². The second-order valence-electron chi connectivity index (χ2n) is 9.25. The highest BCUT2D eigenvalue weighted by Gasteiger charge is 2.29. The molecular weight excluding hydrogens is 554 g/mol.